The lowest BCUT2D eigenvalue weighted by Gasteiger charge is -2.33. The molecule has 122 valence electrons. The normalized spacial score (nSPS) is 17.1. The Bertz CT molecular complexity index is 282. The Morgan fingerprint density at radius 3 is 1.45 bits per heavy atom. The van der Waals surface area contributed by atoms with Gasteiger partial charge in [0.15, 0.2) is 25.0 Å². The molecule has 7 heteroatoms. The molecule has 2 atom stereocenters. The maximum Gasteiger partial charge on any atom is 0.184 e. The molecule has 0 aromatic heterocycles. The molecule has 0 saturated carbocycles. The Hall–Kier alpha value is 0.491. The van der Waals surface area contributed by atoms with Crippen LogP contribution in [-0.4, -0.2) is 50.3 Å². The van der Waals surface area contributed by atoms with Crippen molar-refractivity contribution in [2.24, 2.45) is 5.73 Å². The predicted octanol–water partition coefficient (Wildman–Crippen LogP) is 3.24. The van der Waals surface area contributed by atoms with Crippen LogP contribution in [0, 0.1) is 0 Å². The molecular formula is C13H35NO3Si3. The van der Waals surface area contributed by atoms with E-state index in [4.69, 9.17) is 19.0 Å². The Morgan fingerprint density at radius 2 is 1.10 bits per heavy atom. The average molecular weight is 338 g/mol. The van der Waals surface area contributed by atoms with Gasteiger partial charge in [0.1, 0.15) is 0 Å². The van der Waals surface area contributed by atoms with E-state index in [-0.39, 0.29) is 12.1 Å². The summed E-state index contributed by atoms with van der Waals surface area (Å²) in [6, 6.07) is -0.121. The van der Waals surface area contributed by atoms with E-state index in [1.807, 2.05) is 0 Å². The lowest BCUT2D eigenvalue weighted by Crippen LogP contribution is -2.50. The summed E-state index contributed by atoms with van der Waals surface area (Å²) in [6.45, 7) is 20.7. The van der Waals surface area contributed by atoms with Crippen molar-refractivity contribution in [1.29, 1.82) is 0 Å². The Kier molecular flexibility index (Phi) is 7.85. The topological polar surface area (TPSA) is 53.7 Å². The summed E-state index contributed by atoms with van der Waals surface area (Å²) in [5, 5.41) is 0. The standard InChI is InChI=1S/C13H35NO3Si3/c1-18(2,3)15-10-12(14)13(17-20(7,8)9)11-16-19(4,5)6/h12-13H,10-11,14H2,1-9H3. The number of nitrogens with two attached hydrogens (primary N) is 1. The van der Waals surface area contributed by atoms with Crippen molar-refractivity contribution >= 4 is 25.0 Å². The van der Waals surface area contributed by atoms with Crippen LogP contribution in [0.2, 0.25) is 58.9 Å². The van der Waals surface area contributed by atoms with Crippen molar-refractivity contribution < 1.29 is 13.3 Å². The van der Waals surface area contributed by atoms with Crippen LogP contribution in [0.5, 0.6) is 0 Å². The van der Waals surface area contributed by atoms with Crippen molar-refractivity contribution in [3.63, 3.8) is 0 Å². The van der Waals surface area contributed by atoms with E-state index in [1.165, 1.54) is 0 Å². The fourth-order valence-corrected chi connectivity index (χ4v) is 3.99. The highest BCUT2D eigenvalue weighted by Gasteiger charge is 2.29. The molecule has 0 aliphatic rings. The molecule has 2 unspecified atom stereocenters. The quantitative estimate of drug-likeness (QED) is 0.656. The molecule has 0 aromatic rings. The highest BCUT2D eigenvalue weighted by atomic mass is 28.4. The second-order valence-corrected chi connectivity index (χ2v) is 21.8. The van der Waals surface area contributed by atoms with E-state index < -0.39 is 25.0 Å². The Labute approximate surface area is 128 Å². The fraction of sp³-hybridized carbons (Fsp3) is 1.00. The molecule has 0 radical (unpaired) electrons. The predicted molar refractivity (Wildman–Crippen MR) is 94.8 cm³/mol. The monoisotopic (exact) mass is 337 g/mol. The summed E-state index contributed by atoms with van der Waals surface area (Å²) in [5.41, 5.74) is 6.29. The van der Waals surface area contributed by atoms with E-state index in [9.17, 15) is 0 Å². The van der Waals surface area contributed by atoms with Crippen LogP contribution >= 0.6 is 0 Å². The van der Waals surface area contributed by atoms with E-state index >= 15 is 0 Å². The number of rotatable bonds is 9. The average Bonchev–Trinajstić information content (AvgIpc) is 2.16. The third-order valence-corrected chi connectivity index (χ3v) is 5.45. The second kappa shape index (κ2) is 7.66. The Balaban J connectivity index is 4.58. The van der Waals surface area contributed by atoms with Gasteiger partial charge in [-0.15, -0.1) is 0 Å². The minimum Gasteiger partial charge on any atom is -0.416 e. The summed E-state index contributed by atoms with van der Waals surface area (Å²) in [5.74, 6) is 0. The minimum absolute atomic E-state index is 0.0651. The lowest BCUT2D eigenvalue weighted by molar-refractivity contribution is 0.0777. The summed E-state index contributed by atoms with van der Waals surface area (Å²) < 4.78 is 18.1. The van der Waals surface area contributed by atoms with Crippen LogP contribution in [0.25, 0.3) is 0 Å². The zero-order chi connectivity index (χ0) is 16.2. The molecule has 0 heterocycles. The van der Waals surface area contributed by atoms with Gasteiger partial charge in [-0.3, -0.25) is 0 Å². The van der Waals surface area contributed by atoms with Gasteiger partial charge in [0.05, 0.1) is 25.4 Å². The van der Waals surface area contributed by atoms with E-state index in [2.05, 4.69) is 58.9 Å². The van der Waals surface area contributed by atoms with Crippen molar-refractivity contribution in [1.82, 2.24) is 0 Å². The number of hydrogen-bond acceptors (Lipinski definition) is 4. The van der Waals surface area contributed by atoms with Crippen LogP contribution in [0.1, 0.15) is 0 Å². The van der Waals surface area contributed by atoms with Crippen LogP contribution < -0.4 is 5.73 Å². The molecular weight excluding hydrogens is 302 g/mol. The first-order valence-electron chi connectivity index (χ1n) is 7.41. The first kappa shape index (κ1) is 20.5. The maximum atomic E-state index is 6.29. The molecule has 0 aromatic carbocycles. The third-order valence-electron chi connectivity index (χ3n) is 2.37. The zero-order valence-electron chi connectivity index (χ0n) is 14.9. The van der Waals surface area contributed by atoms with Gasteiger partial charge in [-0.2, -0.15) is 0 Å². The zero-order valence-corrected chi connectivity index (χ0v) is 17.9. The molecule has 0 fully saturated rings. The maximum absolute atomic E-state index is 6.29. The van der Waals surface area contributed by atoms with Crippen LogP contribution in [0.3, 0.4) is 0 Å². The number of hydrogen-bond donors (Lipinski definition) is 1. The summed E-state index contributed by atoms with van der Waals surface area (Å²) in [4.78, 5) is 0. The molecule has 0 saturated heterocycles. The van der Waals surface area contributed by atoms with Gasteiger partial charge in [-0.25, -0.2) is 0 Å². The van der Waals surface area contributed by atoms with E-state index in [1.54, 1.807) is 0 Å². The summed E-state index contributed by atoms with van der Waals surface area (Å²) >= 11 is 0. The smallest absolute Gasteiger partial charge is 0.184 e. The molecule has 4 nitrogen and oxygen atoms in total. The van der Waals surface area contributed by atoms with Gasteiger partial charge in [-0.05, 0) is 58.9 Å². The van der Waals surface area contributed by atoms with E-state index in [0.29, 0.717) is 13.2 Å². The first-order chi connectivity index (χ1) is 8.70. The molecule has 2 N–H and O–H groups in total. The minimum atomic E-state index is -1.64. The van der Waals surface area contributed by atoms with Gasteiger partial charge >= 0.3 is 0 Å². The van der Waals surface area contributed by atoms with Crippen LogP contribution in [0.4, 0.5) is 0 Å². The van der Waals surface area contributed by atoms with Gasteiger partial charge < -0.3 is 19.0 Å². The second-order valence-electron chi connectivity index (χ2n) is 8.28. The van der Waals surface area contributed by atoms with Gasteiger partial charge in [0.25, 0.3) is 0 Å². The van der Waals surface area contributed by atoms with Crippen LogP contribution in [0.15, 0.2) is 0 Å². The SMILES string of the molecule is C[Si](C)(C)OCC(N)C(CO[Si](C)(C)C)O[Si](C)(C)C. The van der Waals surface area contributed by atoms with Crippen molar-refractivity contribution in [3.05, 3.63) is 0 Å². The fourth-order valence-electron chi connectivity index (χ4n) is 1.48. The Morgan fingerprint density at radius 1 is 0.700 bits per heavy atom. The van der Waals surface area contributed by atoms with Crippen molar-refractivity contribution in [2.75, 3.05) is 13.2 Å². The molecule has 0 bridgehead atoms. The summed E-state index contributed by atoms with van der Waals surface area (Å²) in [6.07, 6.45) is -0.0651. The molecule has 20 heavy (non-hydrogen) atoms. The highest BCUT2D eigenvalue weighted by molar-refractivity contribution is 6.70. The molecule has 0 aliphatic carbocycles. The van der Waals surface area contributed by atoms with Crippen LogP contribution in [-0.2, 0) is 13.3 Å². The first-order valence-corrected chi connectivity index (χ1v) is 17.6. The molecule has 0 rings (SSSR count). The van der Waals surface area contributed by atoms with Gasteiger partial charge in [0.2, 0.25) is 0 Å². The highest BCUT2D eigenvalue weighted by Crippen LogP contribution is 2.14. The molecule has 0 aliphatic heterocycles. The van der Waals surface area contributed by atoms with Gasteiger partial charge in [-0.1, -0.05) is 0 Å². The molecule has 0 amide bonds. The van der Waals surface area contributed by atoms with E-state index in [0.717, 1.165) is 0 Å². The third kappa shape index (κ3) is 12.2. The van der Waals surface area contributed by atoms with Crippen molar-refractivity contribution in [3.8, 4) is 0 Å². The van der Waals surface area contributed by atoms with Gasteiger partial charge in [0, 0.05) is 0 Å². The molecule has 0 spiro atoms. The largest absolute Gasteiger partial charge is 0.416 e. The summed E-state index contributed by atoms with van der Waals surface area (Å²) in [7, 11) is -4.74. The lowest BCUT2D eigenvalue weighted by atomic mass is 10.2. The van der Waals surface area contributed by atoms with Crippen molar-refractivity contribution in [2.45, 2.75) is 71.1 Å².